The van der Waals surface area contributed by atoms with Crippen LogP contribution >= 0.6 is 0 Å². The van der Waals surface area contributed by atoms with E-state index in [1.54, 1.807) is 0 Å². The number of nitrogens with zero attached hydrogens (tertiary/aromatic N) is 2. The summed E-state index contributed by atoms with van der Waals surface area (Å²) >= 11 is 0. The van der Waals surface area contributed by atoms with Crippen LogP contribution in [0.15, 0.2) is 18.2 Å². The molecule has 2 aromatic rings. The van der Waals surface area contributed by atoms with E-state index in [0.29, 0.717) is 0 Å². The van der Waals surface area contributed by atoms with Gasteiger partial charge in [0.25, 0.3) is 0 Å². The van der Waals surface area contributed by atoms with Gasteiger partial charge in [0.05, 0.1) is 0 Å². The first-order valence-corrected chi connectivity index (χ1v) is 6.69. The third-order valence-corrected chi connectivity index (χ3v) is 3.44. The van der Waals surface area contributed by atoms with Crippen molar-refractivity contribution in [3.63, 3.8) is 0 Å². The minimum absolute atomic E-state index is 0.810. The highest BCUT2D eigenvalue weighted by Crippen LogP contribution is 2.25. The first-order chi connectivity index (χ1) is 9.06. The molecule has 19 heavy (non-hydrogen) atoms. The number of aryl methyl sites for hydroxylation is 3. The second-order valence-corrected chi connectivity index (χ2v) is 4.89. The Hall–Kier alpha value is -1.90. The highest BCUT2D eigenvalue weighted by Gasteiger charge is 2.11. The number of rotatable bonds is 3. The fourth-order valence-electron chi connectivity index (χ4n) is 2.34. The molecular weight excluding hydrogens is 234 g/mol. The van der Waals surface area contributed by atoms with E-state index in [1.165, 1.54) is 11.1 Å². The first kappa shape index (κ1) is 13.5. The van der Waals surface area contributed by atoms with Crippen LogP contribution in [-0.4, -0.2) is 17.0 Å². The predicted molar refractivity (Wildman–Crippen MR) is 80.6 cm³/mol. The van der Waals surface area contributed by atoms with Crippen molar-refractivity contribution in [1.29, 1.82) is 0 Å². The smallest absolute Gasteiger partial charge is 0.162 e. The third-order valence-electron chi connectivity index (χ3n) is 3.44. The van der Waals surface area contributed by atoms with Crippen molar-refractivity contribution < 1.29 is 0 Å². The number of aromatic nitrogens is 2. The van der Waals surface area contributed by atoms with E-state index in [4.69, 9.17) is 4.98 Å². The van der Waals surface area contributed by atoms with Crippen LogP contribution in [0.25, 0.3) is 11.4 Å². The minimum atomic E-state index is 0.810. The number of hydrogen-bond acceptors (Lipinski definition) is 3. The second kappa shape index (κ2) is 5.39. The Morgan fingerprint density at radius 2 is 1.84 bits per heavy atom. The van der Waals surface area contributed by atoms with Crippen LogP contribution in [0, 0.1) is 20.8 Å². The molecule has 2 rings (SSSR count). The molecule has 0 atom stereocenters. The minimum Gasteiger partial charge on any atom is -0.373 e. The summed E-state index contributed by atoms with van der Waals surface area (Å²) in [5.74, 6) is 1.73. The van der Waals surface area contributed by atoms with Gasteiger partial charge in [0.1, 0.15) is 5.82 Å². The van der Waals surface area contributed by atoms with Gasteiger partial charge >= 0.3 is 0 Å². The summed E-state index contributed by atoms with van der Waals surface area (Å²) in [4.78, 5) is 9.35. The van der Waals surface area contributed by atoms with Crippen molar-refractivity contribution in [2.24, 2.45) is 0 Å². The van der Waals surface area contributed by atoms with Gasteiger partial charge in [0.2, 0.25) is 0 Å². The molecule has 0 aliphatic rings. The van der Waals surface area contributed by atoms with E-state index in [9.17, 15) is 0 Å². The maximum Gasteiger partial charge on any atom is 0.162 e. The maximum atomic E-state index is 4.71. The Kier molecular flexibility index (Phi) is 3.84. The molecule has 0 bridgehead atoms. The second-order valence-electron chi connectivity index (χ2n) is 4.89. The lowest BCUT2D eigenvalue weighted by atomic mass is 10.0. The molecule has 0 saturated heterocycles. The van der Waals surface area contributed by atoms with E-state index in [1.807, 2.05) is 7.05 Å². The van der Waals surface area contributed by atoms with Crippen molar-refractivity contribution in [1.82, 2.24) is 9.97 Å². The third kappa shape index (κ3) is 2.60. The van der Waals surface area contributed by atoms with Crippen LogP contribution < -0.4 is 5.32 Å². The van der Waals surface area contributed by atoms with Crippen molar-refractivity contribution in [2.75, 3.05) is 12.4 Å². The monoisotopic (exact) mass is 255 g/mol. The Morgan fingerprint density at radius 3 is 2.42 bits per heavy atom. The topological polar surface area (TPSA) is 37.8 Å². The standard InChI is InChI=1S/C16H21N3/c1-6-14-12(4)15(17-5)19-16(18-14)13-8-7-10(2)9-11(13)3/h7-9H,6H2,1-5H3,(H,17,18,19). The normalized spacial score (nSPS) is 10.6. The van der Waals surface area contributed by atoms with Gasteiger partial charge in [-0.2, -0.15) is 0 Å². The largest absolute Gasteiger partial charge is 0.373 e. The molecule has 1 aromatic carbocycles. The predicted octanol–water partition coefficient (Wildman–Crippen LogP) is 3.67. The van der Waals surface area contributed by atoms with Crippen LogP contribution in [0.3, 0.4) is 0 Å². The van der Waals surface area contributed by atoms with Gasteiger partial charge in [0, 0.05) is 23.9 Å². The van der Waals surface area contributed by atoms with Gasteiger partial charge in [-0.05, 0) is 32.8 Å². The molecule has 3 heteroatoms. The molecule has 0 fully saturated rings. The lowest BCUT2D eigenvalue weighted by Gasteiger charge is -2.12. The van der Waals surface area contributed by atoms with Gasteiger partial charge in [0.15, 0.2) is 5.82 Å². The van der Waals surface area contributed by atoms with E-state index in [-0.39, 0.29) is 0 Å². The summed E-state index contributed by atoms with van der Waals surface area (Å²) in [6, 6.07) is 6.38. The number of hydrogen-bond donors (Lipinski definition) is 1. The zero-order valence-corrected chi connectivity index (χ0v) is 12.3. The molecule has 0 unspecified atom stereocenters. The molecule has 0 spiro atoms. The van der Waals surface area contributed by atoms with E-state index >= 15 is 0 Å². The summed E-state index contributed by atoms with van der Waals surface area (Å²) < 4.78 is 0. The molecule has 0 saturated carbocycles. The molecular formula is C16H21N3. The van der Waals surface area contributed by atoms with Gasteiger partial charge in [-0.15, -0.1) is 0 Å². The first-order valence-electron chi connectivity index (χ1n) is 6.69. The molecule has 0 aliphatic carbocycles. The molecule has 1 heterocycles. The fourth-order valence-corrected chi connectivity index (χ4v) is 2.34. The maximum absolute atomic E-state index is 4.71. The van der Waals surface area contributed by atoms with Crippen LogP contribution in [-0.2, 0) is 6.42 Å². The summed E-state index contributed by atoms with van der Waals surface area (Å²) in [6.45, 7) is 8.40. The lowest BCUT2D eigenvalue weighted by molar-refractivity contribution is 0.976. The zero-order valence-electron chi connectivity index (χ0n) is 12.3. The van der Waals surface area contributed by atoms with Crippen LogP contribution in [0.1, 0.15) is 29.3 Å². The highest BCUT2D eigenvalue weighted by atomic mass is 15.0. The summed E-state index contributed by atoms with van der Waals surface area (Å²) in [5, 5.41) is 3.16. The fraction of sp³-hybridized carbons (Fsp3) is 0.375. The van der Waals surface area contributed by atoms with Gasteiger partial charge in [-0.25, -0.2) is 9.97 Å². The van der Waals surface area contributed by atoms with E-state index in [0.717, 1.165) is 34.9 Å². The van der Waals surface area contributed by atoms with Crippen molar-refractivity contribution in [2.45, 2.75) is 34.1 Å². The average Bonchev–Trinajstić information content (AvgIpc) is 2.39. The van der Waals surface area contributed by atoms with E-state index < -0.39 is 0 Å². The molecule has 1 aromatic heterocycles. The van der Waals surface area contributed by atoms with Crippen LogP contribution in [0.2, 0.25) is 0 Å². The summed E-state index contributed by atoms with van der Waals surface area (Å²) in [6.07, 6.45) is 0.918. The van der Waals surface area contributed by atoms with Crippen LogP contribution in [0.5, 0.6) is 0 Å². The highest BCUT2D eigenvalue weighted by molar-refractivity contribution is 5.63. The molecule has 0 amide bonds. The number of benzene rings is 1. The molecule has 3 nitrogen and oxygen atoms in total. The quantitative estimate of drug-likeness (QED) is 0.909. The Bertz CT molecular complexity index is 578. The van der Waals surface area contributed by atoms with Crippen molar-refractivity contribution >= 4 is 5.82 Å². The number of anilines is 1. The summed E-state index contributed by atoms with van der Waals surface area (Å²) in [5.41, 5.74) is 5.83. The Balaban J connectivity index is 2.62. The number of nitrogens with one attached hydrogen (secondary N) is 1. The average molecular weight is 255 g/mol. The molecule has 0 aliphatic heterocycles. The van der Waals surface area contributed by atoms with Crippen molar-refractivity contribution in [3.05, 3.63) is 40.6 Å². The Morgan fingerprint density at radius 1 is 1.11 bits per heavy atom. The van der Waals surface area contributed by atoms with Crippen LogP contribution in [0.4, 0.5) is 5.82 Å². The van der Waals surface area contributed by atoms with Gasteiger partial charge < -0.3 is 5.32 Å². The van der Waals surface area contributed by atoms with Gasteiger partial charge in [-0.3, -0.25) is 0 Å². The van der Waals surface area contributed by atoms with Crippen molar-refractivity contribution in [3.8, 4) is 11.4 Å². The van der Waals surface area contributed by atoms with Gasteiger partial charge in [-0.1, -0.05) is 30.7 Å². The lowest BCUT2D eigenvalue weighted by Crippen LogP contribution is -2.05. The SMILES string of the molecule is CCc1nc(-c2ccc(C)cc2C)nc(NC)c1C. The molecule has 1 N–H and O–H groups in total. The zero-order chi connectivity index (χ0) is 14.0. The Labute approximate surface area is 115 Å². The van der Waals surface area contributed by atoms with E-state index in [2.05, 4.69) is 56.2 Å². The molecule has 0 radical (unpaired) electrons. The summed E-state index contributed by atoms with van der Waals surface area (Å²) in [7, 11) is 1.90. The molecule has 100 valence electrons.